The van der Waals surface area contributed by atoms with Crippen molar-refractivity contribution in [2.45, 2.75) is 0 Å². The minimum absolute atomic E-state index is 0.0278. The third-order valence-corrected chi connectivity index (χ3v) is 1.76. The van der Waals surface area contributed by atoms with Crippen LogP contribution in [-0.4, -0.2) is 16.1 Å². The van der Waals surface area contributed by atoms with Crippen LogP contribution in [0.3, 0.4) is 0 Å². The third kappa shape index (κ3) is 1.40. The number of aromatic carboxylic acids is 1. The molecule has 0 aliphatic heterocycles. The Balaban J connectivity index is 2.98. The molecule has 3 nitrogen and oxygen atoms in total. The Morgan fingerprint density at radius 2 is 2.56 bits per heavy atom. The molecule has 0 bridgehead atoms. The first kappa shape index (κ1) is 6.51. The van der Waals surface area contributed by atoms with Crippen LogP contribution >= 0.6 is 22.9 Å². The van der Waals surface area contributed by atoms with Gasteiger partial charge >= 0.3 is 5.97 Å². The standard InChI is InChI=1S/C4H2ClNO2S/c5-2-1-6-3(9-2)4(7)8/h1H,(H,7,8). The highest BCUT2D eigenvalue weighted by Gasteiger charge is 2.06. The fourth-order valence-corrected chi connectivity index (χ4v) is 1.10. The molecule has 0 aliphatic carbocycles. The van der Waals surface area contributed by atoms with Crippen molar-refractivity contribution in [3.63, 3.8) is 0 Å². The van der Waals surface area contributed by atoms with Crippen molar-refractivity contribution in [1.29, 1.82) is 0 Å². The van der Waals surface area contributed by atoms with E-state index in [4.69, 9.17) is 16.7 Å². The lowest BCUT2D eigenvalue weighted by Gasteiger charge is -1.77. The fraction of sp³-hybridized carbons (Fsp3) is 0. The van der Waals surface area contributed by atoms with Gasteiger partial charge in [0.2, 0.25) is 5.01 Å². The summed E-state index contributed by atoms with van der Waals surface area (Å²) in [6, 6.07) is 0. The summed E-state index contributed by atoms with van der Waals surface area (Å²) in [5.74, 6) is -1.04. The summed E-state index contributed by atoms with van der Waals surface area (Å²) < 4.78 is 0.396. The average Bonchev–Trinajstić information content (AvgIpc) is 2.14. The number of carboxylic acid groups (broad SMARTS) is 1. The summed E-state index contributed by atoms with van der Waals surface area (Å²) in [7, 11) is 0. The van der Waals surface area contributed by atoms with Crippen molar-refractivity contribution >= 4 is 28.9 Å². The van der Waals surface area contributed by atoms with Crippen LogP contribution in [0.25, 0.3) is 0 Å². The van der Waals surface area contributed by atoms with Gasteiger partial charge in [0.1, 0.15) is 4.34 Å². The highest BCUT2D eigenvalue weighted by Crippen LogP contribution is 2.17. The molecule has 0 aliphatic rings. The predicted octanol–water partition coefficient (Wildman–Crippen LogP) is 1.49. The Kier molecular flexibility index (Phi) is 1.68. The van der Waals surface area contributed by atoms with Crippen LogP contribution in [0, 0.1) is 0 Å². The summed E-state index contributed by atoms with van der Waals surface area (Å²) in [5.41, 5.74) is 0. The fourth-order valence-electron chi connectivity index (χ4n) is 0.353. The Bertz CT molecular complexity index is 234. The SMILES string of the molecule is O=C(O)c1ncc(Cl)s1. The van der Waals surface area contributed by atoms with Gasteiger partial charge in [0, 0.05) is 0 Å². The molecule has 0 unspecified atom stereocenters. The molecule has 1 aromatic heterocycles. The van der Waals surface area contributed by atoms with Gasteiger partial charge in [-0.2, -0.15) is 0 Å². The molecule has 1 rings (SSSR count). The first-order valence-corrected chi connectivity index (χ1v) is 3.24. The highest BCUT2D eigenvalue weighted by molar-refractivity contribution is 7.17. The molecule has 0 atom stereocenters. The lowest BCUT2D eigenvalue weighted by molar-refractivity contribution is 0.0696. The molecule has 9 heavy (non-hydrogen) atoms. The van der Waals surface area contributed by atoms with Gasteiger partial charge in [-0.1, -0.05) is 22.9 Å². The lowest BCUT2D eigenvalue weighted by Crippen LogP contribution is -1.92. The van der Waals surface area contributed by atoms with Crippen LogP contribution in [0.4, 0.5) is 0 Å². The van der Waals surface area contributed by atoms with Crippen molar-refractivity contribution in [2.75, 3.05) is 0 Å². The normalized spacial score (nSPS) is 9.44. The van der Waals surface area contributed by atoms with E-state index < -0.39 is 5.97 Å². The van der Waals surface area contributed by atoms with E-state index in [-0.39, 0.29) is 5.01 Å². The van der Waals surface area contributed by atoms with Crippen LogP contribution in [0.15, 0.2) is 6.20 Å². The first-order valence-electron chi connectivity index (χ1n) is 2.05. The van der Waals surface area contributed by atoms with Crippen molar-refractivity contribution in [3.05, 3.63) is 15.5 Å². The molecule has 1 heterocycles. The topological polar surface area (TPSA) is 50.2 Å². The molecule has 0 saturated carbocycles. The van der Waals surface area contributed by atoms with E-state index in [1.165, 1.54) is 6.20 Å². The summed E-state index contributed by atoms with van der Waals surface area (Å²) in [5, 5.41) is 8.32. The Hall–Kier alpha value is -0.610. The summed E-state index contributed by atoms with van der Waals surface area (Å²) in [6.07, 6.45) is 1.32. The molecule has 0 radical (unpaired) electrons. The van der Waals surface area contributed by atoms with Crippen LogP contribution in [-0.2, 0) is 0 Å². The second-order valence-electron chi connectivity index (χ2n) is 1.27. The minimum atomic E-state index is -1.04. The van der Waals surface area contributed by atoms with Gasteiger partial charge in [-0.05, 0) is 0 Å². The molecule has 5 heteroatoms. The first-order chi connectivity index (χ1) is 4.20. The smallest absolute Gasteiger partial charge is 0.365 e. The summed E-state index contributed by atoms with van der Waals surface area (Å²) >= 11 is 6.35. The van der Waals surface area contributed by atoms with Crippen LogP contribution in [0.1, 0.15) is 9.80 Å². The van der Waals surface area contributed by atoms with E-state index in [2.05, 4.69) is 4.98 Å². The molecule has 1 aromatic rings. The summed E-state index contributed by atoms with van der Waals surface area (Å²) in [6.45, 7) is 0. The molecule has 1 N–H and O–H groups in total. The van der Waals surface area contributed by atoms with Crippen LogP contribution in [0.2, 0.25) is 4.34 Å². The van der Waals surface area contributed by atoms with Crippen molar-refractivity contribution in [1.82, 2.24) is 4.98 Å². The molecule has 0 saturated heterocycles. The van der Waals surface area contributed by atoms with Gasteiger partial charge in [0.05, 0.1) is 6.20 Å². The Morgan fingerprint density at radius 3 is 2.78 bits per heavy atom. The van der Waals surface area contributed by atoms with Gasteiger partial charge < -0.3 is 5.11 Å². The molecule has 0 amide bonds. The second kappa shape index (κ2) is 2.33. The Morgan fingerprint density at radius 1 is 1.89 bits per heavy atom. The van der Waals surface area contributed by atoms with Gasteiger partial charge in [0.15, 0.2) is 0 Å². The maximum absolute atomic E-state index is 10.1. The van der Waals surface area contributed by atoms with E-state index >= 15 is 0 Å². The van der Waals surface area contributed by atoms with Crippen molar-refractivity contribution in [3.8, 4) is 0 Å². The molecular weight excluding hydrogens is 162 g/mol. The number of aromatic nitrogens is 1. The Labute approximate surface area is 59.9 Å². The minimum Gasteiger partial charge on any atom is -0.476 e. The van der Waals surface area contributed by atoms with E-state index in [1.807, 2.05) is 0 Å². The molecule has 48 valence electrons. The van der Waals surface area contributed by atoms with Crippen molar-refractivity contribution < 1.29 is 9.90 Å². The van der Waals surface area contributed by atoms with E-state index in [0.29, 0.717) is 4.34 Å². The molecule has 0 fully saturated rings. The average molecular weight is 164 g/mol. The number of halogens is 1. The quantitative estimate of drug-likeness (QED) is 0.683. The van der Waals surface area contributed by atoms with Gasteiger partial charge in [0.25, 0.3) is 0 Å². The van der Waals surface area contributed by atoms with Crippen molar-refractivity contribution in [2.24, 2.45) is 0 Å². The van der Waals surface area contributed by atoms with Crippen LogP contribution < -0.4 is 0 Å². The zero-order valence-corrected chi connectivity index (χ0v) is 5.74. The highest BCUT2D eigenvalue weighted by atomic mass is 35.5. The summed E-state index contributed by atoms with van der Waals surface area (Å²) in [4.78, 5) is 13.6. The maximum Gasteiger partial charge on any atom is 0.365 e. The largest absolute Gasteiger partial charge is 0.476 e. The van der Waals surface area contributed by atoms with Gasteiger partial charge in [-0.3, -0.25) is 0 Å². The predicted molar refractivity (Wildman–Crippen MR) is 34.1 cm³/mol. The van der Waals surface area contributed by atoms with E-state index in [1.54, 1.807) is 0 Å². The monoisotopic (exact) mass is 163 g/mol. The second-order valence-corrected chi connectivity index (χ2v) is 2.94. The van der Waals surface area contributed by atoms with E-state index in [9.17, 15) is 4.79 Å². The van der Waals surface area contributed by atoms with Gasteiger partial charge in [-0.25, -0.2) is 9.78 Å². The lowest BCUT2D eigenvalue weighted by atomic mass is 10.7. The zero-order valence-electron chi connectivity index (χ0n) is 4.17. The maximum atomic E-state index is 10.1. The number of nitrogens with zero attached hydrogens (tertiary/aromatic N) is 1. The van der Waals surface area contributed by atoms with Gasteiger partial charge in [-0.15, -0.1) is 0 Å². The number of rotatable bonds is 1. The number of thiazole rings is 1. The zero-order chi connectivity index (χ0) is 6.85. The number of hydrogen-bond donors (Lipinski definition) is 1. The molecular formula is C4H2ClNO2S. The third-order valence-electron chi connectivity index (χ3n) is 0.660. The number of carboxylic acids is 1. The number of carbonyl (C=O) groups is 1. The van der Waals surface area contributed by atoms with Crippen LogP contribution in [0.5, 0.6) is 0 Å². The number of hydrogen-bond acceptors (Lipinski definition) is 3. The molecule has 0 aromatic carbocycles. The van der Waals surface area contributed by atoms with E-state index in [0.717, 1.165) is 11.3 Å². The molecule has 0 spiro atoms.